The number of nitrogens with zero attached hydrogens (tertiary/aromatic N) is 1. The summed E-state index contributed by atoms with van der Waals surface area (Å²) in [6.07, 6.45) is 6.64. The van der Waals surface area contributed by atoms with Gasteiger partial charge in [0.05, 0.1) is 5.02 Å². The normalized spacial score (nSPS) is 28.1. The number of hydrogen-bond donors (Lipinski definition) is 4. The van der Waals surface area contributed by atoms with Gasteiger partial charge in [-0.2, -0.15) is 0 Å². The van der Waals surface area contributed by atoms with Crippen molar-refractivity contribution in [3.8, 4) is 0 Å². The average Bonchev–Trinajstić information content (AvgIpc) is 3.32. The maximum Gasteiger partial charge on any atom is 0.408 e. The molecular weight excluding hydrogens is 620 g/mol. The molecule has 0 radical (unpaired) electrons. The minimum atomic E-state index is -1.46. The van der Waals surface area contributed by atoms with Crippen molar-refractivity contribution in [3.05, 3.63) is 46.3 Å². The number of nitrogens with one attached hydrogen (secondary N) is 3. The molecule has 13 heteroatoms. The molecule has 0 unspecified atom stereocenters. The second-order valence-corrected chi connectivity index (χ2v) is 14.4. The van der Waals surface area contributed by atoms with Crippen molar-refractivity contribution < 1.29 is 33.8 Å². The Morgan fingerprint density at radius 3 is 2.60 bits per heavy atom. The number of rotatable bonds is 4. The van der Waals surface area contributed by atoms with Crippen LogP contribution in [0.2, 0.25) is 5.02 Å². The van der Waals surface area contributed by atoms with Crippen LogP contribution in [0.15, 0.2) is 36.4 Å². The second kappa shape index (κ2) is 13.0. The fourth-order valence-electron chi connectivity index (χ4n) is 6.07. The van der Waals surface area contributed by atoms with E-state index in [9.17, 15) is 29.1 Å². The fraction of sp³-hybridized carbons (Fsp3) is 0.531. The maximum atomic E-state index is 14.1. The molecule has 0 spiro atoms. The van der Waals surface area contributed by atoms with Crippen LogP contribution in [0.4, 0.5) is 4.79 Å². The SMILES string of the molecule is CC(C)(C)OC(=O)N[C@H]1CCCCC/C=C\[C@H]2C[C@@]2(C(=O)O)NC(=O)[C@@H]2C[C@@H](NC(=O)c3sc4ccccc4c3Cl)CN2C1=O. The number of fused-ring (bicyclic) bond motifs is 3. The van der Waals surface area contributed by atoms with Gasteiger partial charge in [-0.25, -0.2) is 9.59 Å². The highest BCUT2D eigenvalue weighted by Gasteiger charge is 2.61. The minimum Gasteiger partial charge on any atom is -0.479 e. The number of amides is 4. The number of carboxylic acid groups (broad SMARTS) is 1. The molecule has 1 aromatic carbocycles. The zero-order valence-corrected chi connectivity index (χ0v) is 27.1. The monoisotopic (exact) mass is 658 g/mol. The Kier molecular flexibility index (Phi) is 9.46. The van der Waals surface area contributed by atoms with Crippen LogP contribution in [0.1, 0.15) is 75.4 Å². The van der Waals surface area contributed by atoms with E-state index in [1.165, 1.54) is 16.2 Å². The molecule has 1 saturated heterocycles. The Morgan fingerprint density at radius 1 is 1.13 bits per heavy atom. The lowest BCUT2D eigenvalue weighted by Crippen LogP contribution is -2.56. The van der Waals surface area contributed by atoms with Gasteiger partial charge in [-0.05, 0) is 58.9 Å². The number of allylic oxidation sites excluding steroid dienone is 1. The summed E-state index contributed by atoms with van der Waals surface area (Å²) < 4.78 is 6.27. The molecule has 242 valence electrons. The van der Waals surface area contributed by atoms with Crippen molar-refractivity contribution in [1.29, 1.82) is 0 Å². The highest BCUT2D eigenvalue weighted by atomic mass is 35.5. The molecule has 1 aromatic heterocycles. The van der Waals surface area contributed by atoms with Gasteiger partial charge in [0.2, 0.25) is 11.8 Å². The molecule has 3 heterocycles. The van der Waals surface area contributed by atoms with E-state index >= 15 is 0 Å². The fourth-order valence-corrected chi connectivity index (χ4v) is 7.49. The van der Waals surface area contributed by atoms with Gasteiger partial charge < -0.3 is 30.7 Å². The first-order chi connectivity index (χ1) is 21.3. The van der Waals surface area contributed by atoms with Crippen LogP contribution < -0.4 is 16.0 Å². The zero-order chi connectivity index (χ0) is 32.5. The van der Waals surface area contributed by atoms with Crippen LogP contribution in [0, 0.1) is 5.92 Å². The predicted molar refractivity (Wildman–Crippen MR) is 170 cm³/mol. The van der Waals surface area contributed by atoms with Crippen molar-refractivity contribution in [2.45, 2.75) is 95.0 Å². The Bertz CT molecular complexity index is 1530. The molecule has 2 aliphatic heterocycles. The molecule has 4 N–H and O–H groups in total. The number of benzene rings is 1. The quantitative estimate of drug-likeness (QED) is 0.349. The number of ether oxygens (including phenoxy) is 1. The second-order valence-electron chi connectivity index (χ2n) is 13.0. The summed E-state index contributed by atoms with van der Waals surface area (Å²) in [5.74, 6) is -3.05. The van der Waals surface area contributed by atoms with E-state index < -0.39 is 59.0 Å². The van der Waals surface area contributed by atoms with Gasteiger partial charge in [-0.3, -0.25) is 14.4 Å². The summed E-state index contributed by atoms with van der Waals surface area (Å²) in [5.41, 5.74) is -2.24. The highest BCUT2D eigenvalue weighted by molar-refractivity contribution is 7.21. The third-order valence-electron chi connectivity index (χ3n) is 8.43. The van der Waals surface area contributed by atoms with Crippen LogP contribution in [-0.2, 0) is 19.1 Å². The molecule has 1 saturated carbocycles. The summed E-state index contributed by atoms with van der Waals surface area (Å²) in [5, 5.41) is 19.5. The third-order valence-corrected chi connectivity index (χ3v) is 10.1. The van der Waals surface area contributed by atoms with Crippen LogP contribution in [-0.4, -0.2) is 75.6 Å². The van der Waals surface area contributed by atoms with E-state index in [1.807, 2.05) is 36.4 Å². The Labute approximate surface area is 270 Å². The molecule has 2 fully saturated rings. The Balaban J connectivity index is 1.42. The largest absolute Gasteiger partial charge is 0.479 e. The highest BCUT2D eigenvalue weighted by Crippen LogP contribution is 2.45. The Hall–Kier alpha value is -3.64. The van der Waals surface area contributed by atoms with Crippen molar-refractivity contribution in [2.24, 2.45) is 5.92 Å². The molecule has 11 nitrogen and oxygen atoms in total. The molecule has 0 bridgehead atoms. The number of alkyl carbamates (subject to hydrolysis) is 1. The molecule has 5 rings (SSSR count). The summed E-state index contributed by atoms with van der Waals surface area (Å²) in [6.45, 7) is 5.15. The Morgan fingerprint density at radius 2 is 1.89 bits per heavy atom. The standard InChI is InChI=1S/C32H39ClN4O7S/c1-31(2,3)44-30(43)35-21-13-8-6-4-5-7-11-18-16-32(18,29(41)42)36-26(38)22-15-19(17-37(22)28(21)40)34-27(39)25-24(33)20-12-9-10-14-23(20)45-25/h7,9-12,14,18-19,21-22H,4-6,8,13,15-17H2,1-3H3,(H,34,39)(H,35,43)(H,36,38)(H,41,42)/b11-7-/t18-,19+,21-,22-,32+/m0/s1. The number of hydrogen-bond acceptors (Lipinski definition) is 7. The number of aliphatic carboxylic acids is 1. The summed E-state index contributed by atoms with van der Waals surface area (Å²) in [7, 11) is 0. The number of carbonyl (C=O) groups is 5. The van der Waals surface area contributed by atoms with Gasteiger partial charge in [0.1, 0.15) is 28.1 Å². The van der Waals surface area contributed by atoms with Gasteiger partial charge in [0.15, 0.2) is 0 Å². The maximum absolute atomic E-state index is 14.1. The summed E-state index contributed by atoms with van der Waals surface area (Å²) in [6, 6.07) is 4.70. The lowest BCUT2D eigenvalue weighted by atomic mass is 10.0. The number of carboxylic acids is 1. The zero-order valence-electron chi connectivity index (χ0n) is 25.6. The lowest BCUT2D eigenvalue weighted by molar-refractivity contribution is -0.145. The number of thiophene rings is 1. The third kappa shape index (κ3) is 7.27. The number of carbonyl (C=O) groups excluding carboxylic acids is 4. The molecule has 3 aliphatic rings. The van der Waals surface area contributed by atoms with Gasteiger partial charge in [0, 0.05) is 28.6 Å². The summed E-state index contributed by atoms with van der Waals surface area (Å²) >= 11 is 7.79. The van der Waals surface area contributed by atoms with E-state index in [0.29, 0.717) is 22.7 Å². The van der Waals surface area contributed by atoms with Gasteiger partial charge in [0.25, 0.3) is 5.91 Å². The first-order valence-corrected chi connectivity index (χ1v) is 16.5. The first kappa shape index (κ1) is 32.7. The van der Waals surface area contributed by atoms with E-state index in [1.54, 1.807) is 20.8 Å². The van der Waals surface area contributed by atoms with E-state index in [0.717, 1.165) is 29.3 Å². The van der Waals surface area contributed by atoms with Crippen molar-refractivity contribution >= 4 is 62.8 Å². The molecular formula is C32H39ClN4O7S. The molecule has 1 aliphatic carbocycles. The van der Waals surface area contributed by atoms with Crippen LogP contribution in [0.3, 0.4) is 0 Å². The van der Waals surface area contributed by atoms with Gasteiger partial charge in [-0.1, -0.05) is 54.8 Å². The van der Waals surface area contributed by atoms with Gasteiger partial charge >= 0.3 is 12.1 Å². The molecule has 45 heavy (non-hydrogen) atoms. The van der Waals surface area contributed by atoms with Crippen LogP contribution in [0.5, 0.6) is 0 Å². The summed E-state index contributed by atoms with van der Waals surface area (Å²) in [4.78, 5) is 68.0. The smallest absolute Gasteiger partial charge is 0.408 e. The average molecular weight is 659 g/mol. The van der Waals surface area contributed by atoms with Gasteiger partial charge in [-0.15, -0.1) is 11.3 Å². The topological polar surface area (TPSA) is 154 Å². The van der Waals surface area contributed by atoms with Crippen LogP contribution in [0.25, 0.3) is 10.1 Å². The first-order valence-electron chi connectivity index (χ1n) is 15.3. The molecule has 2 aromatic rings. The molecule has 4 amide bonds. The van der Waals surface area contributed by atoms with Crippen LogP contribution >= 0.6 is 22.9 Å². The predicted octanol–water partition coefficient (Wildman–Crippen LogP) is 4.63. The van der Waals surface area contributed by atoms with Crippen molar-refractivity contribution in [1.82, 2.24) is 20.9 Å². The van der Waals surface area contributed by atoms with E-state index in [-0.39, 0.29) is 25.3 Å². The van der Waals surface area contributed by atoms with Crippen molar-refractivity contribution in [3.63, 3.8) is 0 Å². The van der Waals surface area contributed by atoms with Crippen molar-refractivity contribution in [2.75, 3.05) is 6.54 Å². The molecule has 5 atom stereocenters. The lowest BCUT2D eigenvalue weighted by Gasteiger charge is -2.30. The van der Waals surface area contributed by atoms with E-state index in [4.69, 9.17) is 16.3 Å². The number of halogens is 1. The minimum absolute atomic E-state index is 0.0128. The van der Waals surface area contributed by atoms with E-state index in [2.05, 4.69) is 16.0 Å².